The highest BCUT2D eigenvalue weighted by Gasteiger charge is 2.18. The molecular weight excluding hydrogens is 222 g/mol. The zero-order chi connectivity index (χ0) is 13.5. The van der Waals surface area contributed by atoms with Gasteiger partial charge in [0.05, 0.1) is 0 Å². The molecule has 102 valence electrons. The first-order valence-electron chi connectivity index (χ1n) is 7.15. The monoisotopic (exact) mass is 249 g/mol. The topological polar surface area (TPSA) is 37.8 Å². The van der Waals surface area contributed by atoms with E-state index in [0.717, 1.165) is 24.4 Å². The predicted octanol–water partition coefficient (Wildman–Crippen LogP) is 3.48. The zero-order valence-electron chi connectivity index (χ0n) is 12.4. The summed E-state index contributed by atoms with van der Waals surface area (Å²) in [5.74, 6) is 0.893. The highest BCUT2D eigenvalue weighted by Crippen LogP contribution is 2.21. The Labute approximate surface area is 111 Å². The summed E-state index contributed by atoms with van der Waals surface area (Å²) >= 11 is 0. The van der Waals surface area contributed by atoms with E-state index in [1.807, 2.05) is 0 Å². The van der Waals surface area contributed by atoms with Crippen molar-refractivity contribution in [3.8, 4) is 0 Å². The van der Waals surface area contributed by atoms with E-state index in [1.54, 1.807) is 6.33 Å². The molecule has 0 aliphatic heterocycles. The van der Waals surface area contributed by atoms with Gasteiger partial charge in [-0.25, -0.2) is 9.97 Å². The van der Waals surface area contributed by atoms with Crippen molar-refractivity contribution in [2.24, 2.45) is 0 Å². The Balaban J connectivity index is 2.80. The summed E-state index contributed by atoms with van der Waals surface area (Å²) in [5, 5.41) is 3.61. The van der Waals surface area contributed by atoms with Gasteiger partial charge in [-0.1, -0.05) is 34.6 Å². The van der Waals surface area contributed by atoms with Crippen LogP contribution in [-0.2, 0) is 0 Å². The van der Waals surface area contributed by atoms with Crippen molar-refractivity contribution < 1.29 is 0 Å². The second-order valence-electron chi connectivity index (χ2n) is 5.28. The van der Waals surface area contributed by atoms with Crippen LogP contribution >= 0.6 is 0 Å². The molecule has 0 amide bonds. The Morgan fingerprint density at radius 3 is 2.33 bits per heavy atom. The smallest absolute Gasteiger partial charge is 0.115 e. The molecule has 1 aromatic rings. The van der Waals surface area contributed by atoms with Crippen LogP contribution in [-0.4, -0.2) is 22.6 Å². The Morgan fingerprint density at radius 1 is 1.11 bits per heavy atom. The molecular formula is C15H27N3. The number of hydrogen-bond donors (Lipinski definition) is 1. The molecule has 0 radical (unpaired) electrons. The summed E-state index contributed by atoms with van der Waals surface area (Å²) in [4.78, 5) is 8.78. The zero-order valence-corrected chi connectivity index (χ0v) is 12.4. The van der Waals surface area contributed by atoms with Crippen LogP contribution in [0.2, 0.25) is 0 Å². The molecule has 1 N–H and O–H groups in total. The second-order valence-corrected chi connectivity index (χ2v) is 5.28. The summed E-state index contributed by atoms with van der Waals surface area (Å²) < 4.78 is 0. The van der Waals surface area contributed by atoms with Crippen molar-refractivity contribution >= 4 is 0 Å². The summed E-state index contributed by atoms with van der Waals surface area (Å²) in [6.07, 6.45) is 4.00. The third-order valence-corrected chi connectivity index (χ3v) is 3.47. The fourth-order valence-corrected chi connectivity index (χ4v) is 2.16. The molecule has 0 aromatic carbocycles. The van der Waals surface area contributed by atoms with Crippen molar-refractivity contribution in [2.75, 3.05) is 6.54 Å². The fourth-order valence-electron chi connectivity index (χ4n) is 2.16. The second kappa shape index (κ2) is 7.47. The van der Waals surface area contributed by atoms with E-state index in [0.29, 0.717) is 17.9 Å². The van der Waals surface area contributed by atoms with Crippen molar-refractivity contribution in [1.29, 1.82) is 0 Å². The number of aromatic nitrogens is 2. The Hall–Kier alpha value is -0.960. The van der Waals surface area contributed by atoms with Gasteiger partial charge in [-0.05, 0) is 31.4 Å². The summed E-state index contributed by atoms with van der Waals surface area (Å²) in [5.41, 5.74) is 2.29. The minimum Gasteiger partial charge on any atom is -0.313 e. The molecule has 0 bridgehead atoms. The molecule has 0 aliphatic rings. The van der Waals surface area contributed by atoms with E-state index in [4.69, 9.17) is 0 Å². The number of nitrogens with zero attached hydrogens (tertiary/aromatic N) is 2. The van der Waals surface area contributed by atoms with Gasteiger partial charge in [0.15, 0.2) is 0 Å². The molecule has 1 heterocycles. The van der Waals surface area contributed by atoms with E-state index >= 15 is 0 Å². The van der Waals surface area contributed by atoms with Gasteiger partial charge in [0.2, 0.25) is 0 Å². The molecule has 0 fully saturated rings. The summed E-state index contributed by atoms with van der Waals surface area (Å²) in [6, 6.07) is 2.66. The SMILES string of the molecule is CCCNC(CC)C(C)c1cc(C(C)C)ncn1. The fraction of sp³-hybridized carbons (Fsp3) is 0.733. The van der Waals surface area contributed by atoms with E-state index in [-0.39, 0.29) is 0 Å². The summed E-state index contributed by atoms with van der Waals surface area (Å²) in [7, 11) is 0. The quantitative estimate of drug-likeness (QED) is 0.804. The molecule has 3 nitrogen and oxygen atoms in total. The molecule has 1 rings (SSSR count). The van der Waals surface area contributed by atoms with Gasteiger partial charge in [0, 0.05) is 23.3 Å². The van der Waals surface area contributed by atoms with Crippen LogP contribution in [0.1, 0.15) is 70.7 Å². The van der Waals surface area contributed by atoms with Crippen LogP contribution in [0.25, 0.3) is 0 Å². The van der Waals surface area contributed by atoms with Crippen molar-refractivity contribution in [2.45, 2.75) is 65.3 Å². The van der Waals surface area contributed by atoms with Gasteiger partial charge in [-0.3, -0.25) is 0 Å². The molecule has 0 aliphatic carbocycles. The van der Waals surface area contributed by atoms with Crippen LogP contribution in [0.4, 0.5) is 0 Å². The van der Waals surface area contributed by atoms with Gasteiger partial charge >= 0.3 is 0 Å². The number of rotatable bonds is 7. The lowest BCUT2D eigenvalue weighted by atomic mass is 9.94. The summed E-state index contributed by atoms with van der Waals surface area (Å²) in [6.45, 7) is 12.1. The number of hydrogen-bond acceptors (Lipinski definition) is 3. The van der Waals surface area contributed by atoms with Crippen LogP contribution in [0.5, 0.6) is 0 Å². The largest absolute Gasteiger partial charge is 0.313 e. The molecule has 3 heteroatoms. The highest BCUT2D eigenvalue weighted by molar-refractivity contribution is 5.16. The van der Waals surface area contributed by atoms with Gasteiger partial charge in [-0.2, -0.15) is 0 Å². The maximum atomic E-state index is 4.45. The van der Waals surface area contributed by atoms with Crippen molar-refractivity contribution in [3.63, 3.8) is 0 Å². The molecule has 0 saturated carbocycles. The van der Waals surface area contributed by atoms with E-state index < -0.39 is 0 Å². The Bertz CT molecular complexity index is 349. The lowest BCUT2D eigenvalue weighted by Gasteiger charge is -2.24. The van der Waals surface area contributed by atoms with Crippen LogP contribution < -0.4 is 5.32 Å². The van der Waals surface area contributed by atoms with Gasteiger partial charge in [0.1, 0.15) is 6.33 Å². The standard InChI is InChI=1S/C15H27N3/c1-6-8-16-13(7-2)12(5)15-9-14(11(3)4)17-10-18-15/h9-13,16H,6-8H2,1-5H3. The molecule has 18 heavy (non-hydrogen) atoms. The van der Waals surface area contributed by atoms with Gasteiger partial charge in [-0.15, -0.1) is 0 Å². The van der Waals surface area contributed by atoms with E-state index in [1.165, 1.54) is 6.42 Å². The first kappa shape index (κ1) is 15.1. The third-order valence-electron chi connectivity index (χ3n) is 3.47. The van der Waals surface area contributed by atoms with E-state index in [9.17, 15) is 0 Å². The first-order chi connectivity index (χ1) is 8.60. The highest BCUT2D eigenvalue weighted by atomic mass is 14.9. The molecule has 2 unspecified atom stereocenters. The minimum absolute atomic E-state index is 0.432. The minimum atomic E-state index is 0.432. The van der Waals surface area contributed by atoms with Crippen molar-refractivity contribution in [3.05, 3.63) is 23.8 Å². The average Bonchev–Trinajstić information content (AvgIpc) is 2.39. The average molecular weight is 249 g/mol. The van der Waals surface area contributed by atoms with Crippen molar-refractivity contribution in [1.82, 2.24) is 15.3 Å². The van der Waals surface area contributed by atoms with Gasteiger partial charge < -0.3 is 5.32 Å². The lowest BCUT2D eigenvalue weighted by molar-refractivity contribution is 0.432. The Kier molecular flexibility index (Phi) is 6.27. The first-order valence-corrected chi connectivity index (χ1v) is 7.15. The maximum absolute atomic E-state index is 4.45. The van der Waals surface area contributed by atoms with Gasteiger partial charge in [0.25, 0.3) is 0 Å². The van der Waals surface area contributed by atoms with Crippen LogP contribution in [0.3, 0.4) is 0 Å². The molecule has 0 spiro atoms. The molecule has 2 atom stereocenters. The lowest BCUT2D eigenvalue weighted by Crippen LogP contribution is -2.34. The molecule has 1 aromatic heterocycles. The van der Waals surface area contributed by atoms with E-state index in [2.05, 4.69) is 56.0 Å². The van der Waals surface area contributed by atoms with Crippen LogP contribution in [0.15, 0.2) is 12.4 Å². The third kappa shape index (κ3) is 4.05. The normalized spacial score (nSPS) is 14.8. The molecule has 0 saturated heterocycles. The number of nitrogens with one attached hydrogen (secondary N) is 1. The predicted molar refractivity (Wildman–Crippen MR) is 76.9 cm³/mol. The maximum Gasteiger partial charge on any atom is 0.115 e. The Morgan fingerprint density at radius 2 is 1.78 bits per heavy atom. The van der Waals surface area contributed by atoms with Crippen LogP contribution in [0, 0.1) is 0 Å².